The second-order valence-electron chi connectivity index (χ2n) is 6.65. The Balaban J connectivity index is 1.49. The number of benzene rings is 3. The van der Waals surface area contributed by atoms with Crippen molar-refractivity contribution in [2.45, 2.75) is 19.4 Å². The van der Waals surface area contributed by atoms with Gasteiger partial charge in [-0.05, 0) is 53.9 Å². The van der Waals surface area contributed by atoms with Gasteiger partial charge in [-0.1, -0.05) is 36.4 Å². The minimum absolute atomic E-state index is 0.0138. The van der Waals surface area contributed by atoms with Crippen LogP contribution in [0.4, 0.5) is 11.4 Å². The van der Waals surface area contributed by atoms with Crippen LogP contribution in [0.3, 0.4) is 0 Å². The molecule has 0 spiro atoms. The molecule has 0 unspecified atom stereocenters. The van der Waals surface area contributed by atoms with E-state index in [-0.39, 0.29) is 5.91 Å². The lowest BCUT2D eigenvalue weighted by Gasteiger charge is -2.11. The molecule has 1 amide bonds. The van der Waals surface area contributed by atoms with Crippen molar-refractivity contribution in [3.05, 3.63) is 83.9 Å². The number of carbonyl (C=O) groups is 1. The van der Waals surface area contributed by atoms with Crippen molar-refractivity contribution in [2.75, 3.05) is 24.9 Å². The highest BCUT2D eigenvalue weighted by atomic mass is 16.5. The van der Waals surface area contributed by atoms with E-state index in [1.165, 1.54) is 0 Å². The van der Waals surface area contributed by atoms with Crippen LogP contribution in [0, 0.1) is 0 Å². The molecule has 5 nitrogen and oxygen atoms in total. The summed E-state index contributed by atoms with van der Waals surface area (Å²) in [6.07, 6.45) is 1.20. The minimum atomic E-state index is 0.0138. The number of amides is 1. The highest BCUT2D eigenvalue weighted by Crippen LogP contribution is 2.28. The summed E-state index contributed by atoms with van der Waals surface area (Å²) in [7, 11) is 3.25. The van der Waals surface area contributed by atoms with E-state index in [1.807, 2.05) is 72.8 Å². The standard InChI is InChI=1S/C24H26N2O3/c1-28-22-14-8-19(16-23(22)29-2)17-25-20-10-12-21(13-11-20)26-24(27)15-9-18-6-4-3-5-7-18/h3-8,10-14,16,25H,9,15,17H2,1-2H3,(H,26,27). The highest BCUT2D eigenvalue weighted by molar-refractivity contribution is 5.91. The lowest BCUT2D eigenvalue weighted by Crippen LogP contribution is -2.12. The van der Waals surface area contributed by atoms with Crippen LogP contribution in [0.5, 0.6) is 11.5 Å². The van der Waals surface area contributed by atoms with Crippen LogP contribution in [0.2, 0.25) is 0 Å². The van der Waals surface area contributed by atoms with Crippen LogP contribution >= 0.6 is 0 Å². The molecule has 0 bridgehead atoms. The largest absolute Gasteiger partial charge is 0.493 e. The summed E-state index contributed by atoms with van der Waals surface area (Å²) in [5.41, 5.74) is 4.01. The number of anilines is 2. The summed E-state index contributed by atoms with van der Waals surface area (Å²) in [6, 6.07) is 23.6. The van der Waals surface area contributed by atoms with E-state index < -0.39 is 0 Å². The molecule has 150 valence electrons. The molecule has 5 heteroatoms. The Morgan fingerprint density at radius 3 is 2.17 bits per heavy atom. The SMILES string of the molecule is COc1ccc(CNc2ccc(NC(=O)CCc3ccccc3)cc2)cc1OC. The van der Waals surface area contributed by atoms with Gasteiger partial charge in [-0.2, -0.15) is 0 Å². The maximum atomic E-state index is 12.1. The first-order valence-electron chi connectivity index (χ1n) is 9.56. The van der Waals surface area contributed by atoms with E-state index in [0.29, 0.717) is 24.5 Å². The molecule has 2 N–H and O–H groups in total. The third-order valence-corrected chi connectivity index (χ3v) is 4.60. The maximum Gasteiger partial charge on any atom is 0.224 e. The Morgan fingerprint density at radius 2 is 1.48 bits per heavy atom. The number of methoxy groups -OCH3 is 2. The van der Waals surface area contributed by atoms with Crippen molar-refractivity contribution in [1.82, 2.24) is 0 Å². The third-order valence-electron chi connectivity index (χ3n) is 4.60. The van der Waals surface area contributed by atoms with Crippen LogP contribution in [-0.2, 0) is 17.8 Å². The highest BCUT2D eigenvalue weighted by Gasteiger charge is 2.05. The van der Waals surface area contributed by atoms with Gasteiger partial charge in [0.05, 0.1) is 14.2 Å². The van der Waals surface area contributed by atoms with Crippen molar-refractivity contribution >= 4 is 17.3 Å². The topological polar surface area (TPSA) is 59.6 Å². The van der Waals surface area contributed by atoms with Crippen molar-refractivity contribution < 1.29 is 14.3 Å². The van der Waals surface area contributed by atoms with Crippen molar-refractivity contribution in [3.8, 4) is 11.5 Å². The zero-order valence-electron chi connectivity index (χ0n) is 16.8. The molecule has 0 saturated heterocycles. The summed E-state index contributed by atoms with van der Waals surface area (Å²) in [4.78, 5) is 12.1. The lowest BCUT2D eigenvalue weighted by molar-refractivity contribution is -0.116. The maximum absolute atomic E-state index is 12.1. The van der Waals surface area contributed by atoms with Gasteiger partial charge in [0, 0.05) is 24.3 Å². The molecule has 0 aromatic heterocycles. The third kappa shape index (κ3) is 6.01. The predicted octanol–water partition coefficient (Wildman–Crippen LogP) is 4.89. The van der Waals surface area contributed by atoms with Gasteiger partial charge in [-0.25, -0.2) is 0 Å². The number of hydrogen-bond donors (Lipinski definition) is 2. The molecule has 0 aliphatic rings. The average Bonchev–Trinajstić information content (AvgIpc) is 2.77. The van der Waals surface area contributed by atoms with Gasteiger partial charge in [0.15, 0.2) is 11.5 Å². The van der Waals surface area contributed by atoms with Gasteiger partial charge in [0.2, 0.25) is 5.91 Å². The molecular weight excluding hydrogens is 364 g/mol. The summed E-state index contributed by atoms with van der Waals surface area (Å²) in [5.74, 6) is 1.43. The Kier molecular flexibility index (Phi) is 7.11. The van der Waals surface area contributed by atoms with E-state index in [0.717, 1.165) is 28.9 Å². The van der Waals surface area contributed by atoms with E-state index in [4.69, 9.17) is 9.47 Å². The van der Waals surface area contributed by atoms with E-state index in [1.54, 1.807) is 14.2 Å². The van der Waals surface area contributed by atoms with Crippen LogP contribution in [0.1, 0.15) is 17.5 Å². The Bertz CT molecular complexity index is 925. The smallest absolute Gasteiger partial charge is 0.224 e. The molecule has 0 saturated carbocycles. The molecule has 3 aromatic carbocycles. The molecule has 0 aliphatic carbocycles. The number of hydrogen-bond acceptors (Lipinski definition) is 4. The number of nitrogens with one attached hydrogen (secondary N) is 2. The number of aryl methyl sites for hydroxylation is 1. The van der Waals surface area contributed by atoms with Crippen LogP contribution < -0.4 is 20.1 Å². The minimum Gasteiger partial charge on any atom is -0.493 e. The van der Waals surface area contributed by atoms with Gasteiger partial charge in [0.25, 0.3) is 0 Å². The summed E-state index contributed by atoms with van der Waals surface area (Å²) in [6.45, 7) is 0.656. The first-order valence-corrected chi connectivity index (χ1v) is 9.56. The normalized spacial score (nSPS) is 10.3. The Labute approximate surface area is 171 Å². The average molecular weight is 390 g/mol. The quantitative estimate of drug-likeness (QED) is 0.546. The molecule has 0 fully saturated rings. The molecule has 3 rings (SSSR count). The number of rotatable bonds is 9. The fraction of sp³-hybridized carbons (Fsp3) is 0.208. The molecule has 29 heavy (non-hydrogen) atoms. The Hall–Kier alpha value is -3.47. The first kappa shape index (κ1) is 20.3. The van der Waals surface area contributed by atoms with Crippen LogP contribution in [0.25, 0.3) is 0 Å². The van der Waals surface area contributed by atoms with Crippen LogP contribution in [0.15, 0.2) is 72.8 Å². The van der Waals surface area contributed by atoms with Gasteiger partial charge in [-0.3, -0.25) is 4.79 Å². The first-order chi connectivity index (χ1) is 14.2. The number of carbonyl (C=O) groups excluding carboxylic acids is 1. The molecule has 0 heterocycles. The van der Waals surface area contributed by atoms with Crippen LogP contribution in [-0.4, -0.2) is 20.1 Å². The van der Waals surface area contributed by atoms with Crippen molar-refractivity contribution in [2.24, 2.45) is 0 Å². The fourth-order valence-electron chi connectivity index (χ4n) is 2.99. The monoisotopic (exact) mass is 390 g/mol. The van der Waals surface area contributed by atoms with E-state index in [2.05, 4.69) is 10.6 Å². The van der Waals surface area contributed by atoms with Gasteiger partial charge in [0.1, 0.15) is 0 Å². The van der Waals surface area contributed by atoms with Crippen molar-refractivity contribution in [3.63, 3.8) is 0 Å². The molecule has 3 aromatic rings. The van der Waals surface area contributed by atoms with E-state index in [9.17, 15) is 4.79 Å². The molecular formula is C24H26N2O3. The second kappa shape index (κ2) is 10.2. The molecule has 0 radical (unpaired) electrons. The summed E-state index contributed by atoms with van der Waals surface area (Å²) >= 11 is 0. The lowest BCUT2D eigenvalue weighted by atomic mass is 10.1. The predicted molar refractivity (Wildman–Crippen MR) is 117 cm³/mol. The zero-order valence-corrected chi connectivity index (χ0v) is 16.8. The molecule has 0 atom stereocenters. The molecule has 0 aliphatic heterocycles. The second-order valence-corrected chi connectivity index (χ2v) is 6.65. The fourth-order valence-corrected chi connectivity index (χ4v) is 2.99. The van der Waals surface area contributed by atoms with Gasteiger partial charge in [-0.15, -0.1) is 0 Å². The summed E-state index contributed by atoms with van der Waals surface area (Å²) < 4.78 is 10.6. The number of ether oxygens (including phenoxy) is 2. The Morgan fingerprint density at radius 1 is 0.793 bits per heavy atom. The van der Waals surface area contributed by atoms with Gasteiger partial charge < -0.3 is 20.1 Å². The summed E-state index contributed by atoms with van der Waals surface area (Å²) in [5, 5.41) is 6.31. The zero-order chi connectivity index (χ0) is 20.5. The van der Waals surface area contributed by atoms with Gasteiger partial charge >= 0.3 is 0 Å². The van der Waals surface area contributed by atoms with E-state index >= 15 is 0 Å². The van der Waals surface area contributed by atoms with Crippen molar-refractivity contribution in [1.29, 1.82) is 0 Å².